The second-order valence-electron chi connectivity index (χ2n) is 6.14. The third kappa shape index (κ3) is 2.57. The van der Waals surface area contributed by atoms with E-state index in [-0.39, 0.29) is 6.04 Å². The molecule has 1 aromatic heterocycles. The summed E-state index contributed by atoms with van der Waals surface area (Å²) in [5, 5.41) is 1.20. The van der Waals surface area contributed by atoms with E-state index in [1.54, 1.807) is 0 Å². The third-order valence-corrected chi connectivity index (χ3v) is 5.00. The highest BCUT2D eigenvalue weighted by atomic mass is 14.7. The molecule has 1 saturated carbocycles. The van der Waals surface area contributed by atoms with E-state index in [0.717, 1.165) is 11.4 Å². The number of nitrogens with two attached hydrogens (primary N) is 1. The minimum atomic E-state index is 0.131. The molecule has 0 spiro atoms. The van der Waals surface area contributed by atoms with Crippen LogP contribution in [-0.2, 0) is 0 Å². The van der Waals surface area contributed by atoms with Crippen LogP contribution in [0.25, 0.3) is 10.9 Å². The van der Waals surface area contributed by atoms with Gasteiger partial charge in [-0.1, -0.05) is 50.5 Å². The number of nitrogens with zero attached hydrogens (tertiary/aromatic N) is 1. The van der Waals surface area contributed by atoms with Crippen molar-refractivity contribution in [1.29, 1.82) is 0 Å². The van der Waals surface area contributed by atoms with Crippen LogP contribution in [0.1, 0.15) is 50.6 Å². The van der Waals surface area contributed by atoms with Gasteiger partial charge in [0.1, 0.15) is 0 Å². The Morgan fingerprint density at radius 2 is 1.90 bits per heavy atom. The summed E-state index contributed by atoms with van der Waals surface area (Å²) in [4.78, 5) is 4.55. The van der Waals surface area contributed by atoms with Crippen molar-refractivity contribution in [3.63, 3.8) is 0 Å². The van der Waals surface area contributed by atoms with E-state index in [4.69, 9.17) is 5.73 Å². The van der Waals surface area contributed by atoms with Crippen LogP contribution >= 0.6 is 0 Å². The molecule has 1 atom stereocenters. The van der Waals surface area contributed by atoms with Crippen molar-refractivity contribution in [3.05, 3.63) is 42.1 Å². The van der Waals surface area contributed by atoms with Crippen LogP contribution in [0.5, 0.6) is 0 Å². The molecule has 1 aromatic carbocycles. The maximum Gasteiger partial charge on any atom is 0.0749 e. The number of para-hydroxylation sites is 1. The molecule has 2 aromatic rings. The molecule has 106 valence electrons. The second kappa shape index (κ2) is 5.92. The van der Waals surface area contributed by atoms with Crippen LogP contribution < -0.4 is 5.73 Å². The van der Waals surface area contributed by atoms with E-state index < -0.39 is 0 Å². The average molecular weight is 268 g/mol. The average Bonchev–Trinajstić information content (AvgIpc) is 2.54. The molecular weight excluding hydrogens is 244 g/mol. The van der Waals surface area contributed by atoms with E-state index in [9.17, 15) is 0 Å². The lowest BCUT2D eigenvalue weighted by atomic mass is 9.76. The monoisotopic (exact) mass is 268 g/mol. The van der Waals surface area contributed by atoms with Gasteiger partial charge in [-0.05, 0) is 36.3 Å². The van der Waals surface area contributed by atoms with Crippen molar-refractivity contribution < 1.29 is 0 Å². The zero-order valence-electron chi connectivity index (χ0n) is 12.3. The number of fused-ring (bicyclic) bond motifs is 1. The van der Waals surface area contributed by atoms with E-state index in [0.29, 0.717) is 5.92 Å². The van der Waals surface area contributed by atoms with Crippen molar-refractivity contribution in [2.24, 2.45) is 17.6 Å². The van der Waals surface area contributed by atoms with Crippen molar-refractivity contribution in [2.75, 3.05) is 0 Å². The lowest BCUT2D eigenvalue weighted by molar-refractivity contribution is 0.240. The molecule has 0 saturated heterocycles. The fourth-order valence-corrected chi connectivity index (χ4v) is 3.61. The minimum Gasteiger partial charge on any atom is -0.324 e. The van der Waals surface area contributed by atoms with Gasteiger partial charge in [0.05, 0.1) is 5.52 Å². The summed E-state index contributed by atoms with van der Waals surface area (Å²) in [6.45, 7) is 2.31. The largest absolute Gasteiger partial charge is 0.324 e. The lowest BCUT2D eigenvalue weighted by Gasteiger charge is -2.32. The van der Waals surface area contributed by atoms with Crippen LogP contribution in [0.4, 0.5) is 0 Å². The van der Waals surface area contributed by atoms with Gasteiger partial charge in [-0.15, -0.1) is 0 Å². The van der Waals surface area contributed by atoms with Crippen LogP contribution in [0, 0.1) is 11.8 Å². The number of hydrogen-bond acceptors (Lipinski definition) is 2. The molecule has 3 rings (SSSR count). The van der Waals surface area contributed by atoms with Gasteiger partial charge in [-0.3, -0.25) is 4.98 Å². The highest BCUT2D eigenvalue weighted by molar-refractivity contribution is 5.82. The number of aromatic nitrogens is 1. The molecule has 1 unspecified atom stereocenters. The van der Waals surface area contributed by atoms with Gasteiger partial charge in [-0.2, -0.15) is 0 Å². The predicted octanol–water partition coefficient (Wildman–Crippen LogP) is 4.45. The number of hydrogen-bond donors (Lipinski definition) is 1. The molecule has 0 aliphatic heterocycles. The Balaban J connectivity index is 1.84. The fraction of sp³-hybridized carbons (Fsp3) is 0.500. The first-order valence-electron chi connectivity index (χ1n) is 7.88. The fourth-order valence-electron chi connectivity index (χ4n) is 3.61. The van der Waals surface area contributed by atoms with Crippen molar-refractivity contribution in [3.8, 4) is 0 Å². The maximum atomic E-state index is 6.58. The van der Waals surface area contributed by atoms with E-state index in [1.807, 2.05) is 12.3 Å². The van der Waals surface area contributed by atoms with Gasteiger partial charge in [-0.25, -0.2) is 0 Å². The normalized spacial score (nSPS) is 24.7. The SMILES string of the molecule is CCC1CCC(C(N)c2cccc3cccnc23)CC1. The third-order valence-electron chi connectivity index (χ3n) is 5.00. The summed E-state index contributed by atoms with van der Waals surface area (Å²) in [5.41, 5.74) is 8.89. The Morgan fingerprint density at radius 3 is 2.65 bits per heavy atom. The van der Waals surface area contributed by atoms with Crippen LogP contribution in [0.15, 0.2) is 36.5 Å². The van der Waals surface area contributed by atoms with E-state index in [1.165, 1.54) is 43.1 Å². The zero-order valence-corrected chi connectivity index (χ0v) is 12.3. The molecule has 1 heterocycles. The number of pyridine rings is 1. The Kier molecular flexibility index (Phi) is 4.02. The van der Waals surface area contributed by atoms with Crippen LogP contribution in [-0.4, -0.2) is 4.98 Å². The van der Waals surface area contributed by atoms with Crippen molar-refractivity contribution in [2.45, 2.75) is 45.1 Å². The Hall–Kier alpha value is -1.41. The first kappa shape index (κ1) is 13.6. The standard InChI is InChI=1S/C18H24N2/c1-2-13-8-10-14(11-9-13)17(19)16-7-3-5-15-6-4-12-20-18(15)16/h3-7,12-14,17H,2,8-11,19H2,1H3. The summed E-state index contributed by atoms with van der Waals surface area (Å²) in [6.07, 6.45) is 8.40. The lowest BCUT2D eigenvalue weighted by Crippen LogP contribution is -2.26. The molecule has 0 bridgehead atoms. The summed E-state index contributed by atoms with van der Waals surface area (Å²) in [6, 6.07) is 10.6. The highest BCUT2D eigenvalue weighted by Gasteiger charge is 2.26. The maximum absolute atomic E-state index is 6.58. The molecule has 2 nitrogen and oxygen atoms in total. The Labute approximate surface area is 121 Å². The summed E-state index contributed by atoms with van der Waals surface area (Å²) in [5.74, 6) is 1.54. The highest BCUT2D eigenvalue weighted by Crippen LogP contribution is 2.38. The molecular formula is C18H24N2. The van der Waals surface area contributed by atoms with Gasteiger partial charge in [0.2, 0.25) is 0 Å². The first-order chi connectivity index (χ1) is 9.79. The molecule has 1 aliphatic rings. The Morgan fingerprint density at radius 1 is 1.15 bits per heavy atom. The second-order valence-corrected chi connectivity index (χ2v) is 6.14. The molecule has 20 heavy (non-hydrogen) atoms. The molecule has 1 aliphatic carbocycles. The number of rotatable bonds is 3. The van der Waals surface area contributed by atoms with Gasteiger partial charge in [0, 0.05) is 17.6 Å². The van der Waals surface area contributed by atoms with Gasteiger partial charge in [0.15, 0.2) is 0 Å². The van der Waals surface area contributed by atoms with Crippen LogP contribution in [0.2, 0.25) is 0 Å². The Bertz CT molecular complexity index is 565. The number of benzene rings is 1. The molecule has 0 radical (unpaired) electrons. The molecule has 1 fully saturated rings. The van der Waals surface area contributed by atoms with Gasteiger partial charge < -0.3 is 5.73 Å². The molecule has 2 heteroatoms. The smallest absolute Gasteiger partial charge is 0.0749 e. The zero-order chi connectivity index (χ0) is 13.9. The van der Waals surface area contributed by atoms with Gasteiger partial charge >= 0.3 is 0 Å². The van der Waals surface area contributed by atoms with Crippen molar-refractivity contribution in [1.82, 2.24) is 4.98 Å². The van der Waals surface area contributed by atoms with Crippen LogP contribution in [0.3, 0.4) is 0 Å². The predicted molar refractivity (Wildman–Crippen MR) is 84.4 cm³/mol. The quantitative estimate of drug-likeness (QED) is 0.893. The summed E-state index contributed by atoms with van der Waals surface area (Å²) >= 11 is 0. The summed E-state index contributed by atoms with van der Waals surface area (Å²) < 4.78 is 0. The van der Waals surface area contributed by atoms with E-state index in [2.05, 4.69) is 36.2 Å². The van der Waals surface area contributed by atoms with E-state index >= 15 is 0 Å². The minimum absolute atomic E-state index is 0.131. The summed E-state index contributed by atoms with van der Waals surface area (Å²) in [7, 11) is 0. The topological polar surface area (TPSA) is 38.9 Å². The first-order valence-corrected chi connectivity index (χ1v) is 7.88. The molecule has 2 N–H and O–H groups in total. The molecule has 0 amide bonds. The van der Waals surface area contributed by atoms with Crippen molar-refractivity contribution >= 4 is 10.9 Å². The van der Waals surface area contributed by atoms with Gasteiger partial charge in [0.25, 0.3) is 0 Å².